The maximum atomic E-state index is 11.8. The van der Waals surface area contributed by atoms with Crippen molar-refractivity contribution in [2.24, 2.45) is 0 Å². The van der Waals surface area contributed by atoms with Gasteiger partial charge in [0.25, 0.3) is 12.4 Å². The van der Waals surface area contributed by atoms with Crippen molar-refractivity contribution >= 4 is 12.4 Å². The van der Waals surface area contributed by atoms with Crippen molar-refractivity contribution < 1.29 is 24.2 Å². The summed E-state index contributed by atoms with van der Waals surface area (Å²) in [6.45, 7) is 5.80. The first-order valence-electron chi connectivity index (χ1n) is 9.46. The highest BCUT2D eigenvalue weighted by molar-refractivity contribution is 5.94. The Kier molecular flexibility index (Phi) is 9.14. The van der Waals surface area contributed by atoms with Crippen LogP contribution in [0.25, 0.3) is 0 Å². The average Bonchev–Trinajstić information content (AvgIpc) is 2.72. The maximum Gasteiger partial charge on any atom is 0.293 e. The molecule has 1 heterocycles. The first kappa shape index (κ1) is 22.4. The lowest BCUT2D eigenvalue weighted by atomic mass is 10.1. The molecule has 7 nitrogen and oxygen atoms in total. The number of carbonyl (C=O) groups excluding carboxylic acids is 2. The Hall–Kier alpha value is -2.90. The molecule has 1 saturated heterocycles. The molecule has 1 aliphatic rings. The lowest BCUT2D eigenvalue weighted by molar-refractivity contribution is -0.129. The molecule has 2 aromatic carbocycles. The molecule has 1 atom stereocenters. The zero-order valence-corrected chi connectivity index (χ0v) is 16.8. The molecule has 0 bridgehead atoms. The van der Waals surface area contributed by atoms with Crippen LogP contribution in [0, 0.1) is 6.92 Å². The normalized spacial score (nSPS) is 16.3. The molecule has 2 N–H and O–H groups in total. The van der Waals surface area contributed by atoms with Crippen LogP contribution in [-0.4, -0.2) is 61.8 Å². The third-order valence-electron chi connectivity index (χ3n) is 4.36. The number of aryl methyl sites for hydroxylation is 1. The summed E-state index contributed by atoms with van der Waals surface area (Å²) < 4.78 is 10.2. The van der Waals surface area contributed by atoms with Crippen LogP contribution in [-0.2, 0) is 20.9 Å². The Morgan fingerprint density at radius 3 is 2.72 bits per heavy atom. The number of nitrogens with one attached hydrogen (secondary N) is 1. The number of hydrogen-bond acceptors (Lipinski definition) is 6. The van der Waals surface area contributed by atoms with E-state index in [4.69, 9.17) is 9.84 Å². The van der Waals surface area contributed by atoms with Crippen LogP contribution in [0.2, 0.25) is 0 Å². The molecule has 156 valence electrons. The third-order valence-corrected chi connectivity index (χ3v) is 4.36. The van der Waals surface area contributed by atoms with Gasteiger partial charge in [0.15, 0.2) is 0 Å². The second kappa shape index (κ2) is 11.8. The Morgan fingerprint density at radius 1 is 1.31 bits per heavy atom. The second-order valence-corrected chi connectivity index (χ2v) is 6.91. The van der Waals surface area contributed by atoms with Crippen LogP contribution in [0.1, 0.15) is 21.5 Å². The number of morpholine rings is 1. The highest BCUT2D eigenvalue weighted by Gasteiger charge is 2.18. The fourth-order valence-electron chi connectivity index (χ4n) is 2.84. The number of amides is 1. The number of nitrogens with zero attached hydrogens (tertiary/aromatic N) is 1. The predicted octanol–water partition coefficient (Wildman–Crippen LogP) is 2.12. The van der Waals surface area contributed by atoms with E-state index in [2.05, 4.69) is 15.0 Å². The van der Waals surface area contributed by atoms with Gasteiger partial charge in [-0.2, -0.15) is 0 Å². The molecular weight excluding hydrogens is 372 g/mol. The predicted molar refractivity (Wildman–Crippen MR) is 110 cm³/mol. The Labute approximate surface area is 171 Å². The van der Waals surface area contributed by atoms with Crippen LogP contribution in [0.5, 0.6) is 5.75 Å². The zero-order valence-electron chi connectivity index (χ0n) is 16.8. The van der Waals surface area contributed by atoms with Crippen LogP contribution < -0.4 is 5.32 Å². The van der Waals surface area contributed by atoms with Gasteiger partial charge in [0.1, 0.15) is 12.4 Å². The summed E-state index contributed by atoms with van der Waals surface area (Å²) >= 11 is 0. The number of aromatic hydroxyl groups is 1. The quantitative estimate of drug-likeness (QED) is 0.723. The molecular formula is C22H28N2O5. The maximum absolute atomic E-state index is 11.8. The van der Waals surface area contributed by atoms with E-state index >= 15 is 0 Å². The fraction of sp³-hybridized carbons (Fsp3) is 0.364. The number of hydrogen-bond donors (Lipinski definition) is 2. The van der Waals surface area contributed by atoms with E-state index in [1.165, 1.54) is 17.7 Å². The first-order valence-corrected chi connectivity index (χ1v) is 9.46. The number of phenolic OH excluding ortho intramolecular Hbond substituents is 1. The van der Waals surface area contributed by atoms with E-state index in [0.717, 1.165) is 18.7 Å². The number of rotatable bonds is 6. The van der Waals surface area contributed by atoms with Crippen molar-refractivity contribution in [2.75, 3.05) is 33.3 Å². The van der Waals surface area contributed by atoms with E-state index in [1.807, 2.05) is 38.2 Å². The van der Waals surface area contributed by atoms with Crippen LogP contribution in [0.15, 0.2) is 48.5 Å². The van der Waals surface area contributed by atoms with Gasteiger partial charge in [0.05, 0.1) is 12.7 Å². The van der Waals surface area contributed by atoms with Crippen molar-refractivity contribution in [3.63, 3.8) is 0 Å². The van der Waals surface area contributed by atoms with Gasteiger partial charge in [0, 0.05) is 25.2 Å². The summed E-state index contributed by atoms with van der Waals surface area (Å²) in [4.78, 5) is 23.8. The highest BCUT2D eigenvalue weighted by atomic mass is 16.5. The molecule has 1 unspecified atom stereocenters. The number of phenols is 1. The Morgan fingerprint density at radius 2 is 2.07 bits per heavy atom. The fourth-order valence-corrected chi connectivity index (χ4v) is 2.84. The lowest BCUT2D eigenvalue weighted by Gasteiger charge is -2.30. The Bertz CT molecular complexity index is 779. The summed E-state index contributed by atoms with van der Waals surface area (Å²) in [7, 11) is 2.04. The molecule has 0 aromatic heterocycles. The Balaban J connectivity index is 0.000000234. The minimum absolute atomic E-state index is 0.0461. The van der Waals surface area contributed by atoms with Gasteiger partial charge in [-0.05, 0) is 43.8 Å². The third kappa shape index (κ3) is 8.33. The SMILES string of the molecule is CN1CCOC(CNC(=O)c2ccc(O)cc2)C1.Cc1cccc(COC=O)c1. The molecule has 3 rings (SSSR count). The second-order valence-electron chi connectivity index (χ2n) is 6.91. The van der Waals surface area contributed by atoms with Gasteiger partial charge in [-0.3, -0.25) is 9.59 Å². The topological polar surface area (TPSA) is 88.1 Å². The molecule has 1 aliphatic heterocycles. The van der Waals surface area contributed by atoms with Gasteiger partial charge < -0.3 is 24.8 Å². The lowest BCUT2D eigenvalue weighted by Crippen LogP contribution is -2.45. The van der Waals surface area contributed by atoms with Crippen LogP contribution >= 0.6 is 0 Å². The summed E-state index contributed by atoms with van der Waals surface area (Å²) in [5.41, 5.74) is 2.74. The minimum atomic E-state index is -0.146. The number of carbonyl (C=O) groups is 2. The zero-order chi connectivity index (χ0) is 21.1. The van der Waals surface area contributed by atoms with Gasteiger partial charge in [-0.25, -0.2) is 0 Å². The average molecular weight is 400 g/mol. The monoisotopic (exact) mass is 400 g/mol. The summed E-state index contributed by atoms with van der Waals surface area (Å²) in [6, 6.07) is 14.1. The first-order chi connectivity index (χ1) is 14.0. The van der Waals surface area contributed by atoms with E-state index in [0.29, 0.717) is 31.8 Å². The van der Waals surface area contributed by atoms with Crippen molar-refractivity contribution in [2.45, 2.75) is 19.6 Å². The molecule has 7 heteroatoms. The molecule has 1 amide bonds. The van der Waals surface area contributed by atoms with Crippen molar-refractivity contribution in [3.05, 3.63) is 65.2 Å². The minimum Gasteiger partial charge on any atom is -0.508 e. The summed E-state index contributed by atoms with van der Waals surface area (Å²) in [5, 5.41) is 12.0. The number of benzene rings is 2. The number of likely N-dealkylation sites (N-methyl/N-ethyl adjacent to an activating group) is 1. The largest absolute Gasteiger partial charge is 0.508 e. The molecule has 0 spiro atoms. The molecule has 0 aliphatic carbocycles. The van der Waals surface area contributed by atoms with Crippen LogP contribution in [0.3, 0.4) is 0 Å². The molecule has 0 radical (unpaired) electrons. The molecule has 1 fully saturated rings. The van der Waals surface area contributed by atoms with Crippen molar-refractivity contribution in [3.8, 4) is 5.75 Å². The van der Waals surface area contributed by atoms with E-state index < -0.39 is 0 Å². The van der Waals surface area contributed by atoms with E-state index in [1.54, 1.807) is 12.1 Å². The van der Waals surface area contributed by atoms with Gasteiger partial charge in [-0.15, -0.1) is 0 Å². The van der Waals surface area contributed by atoms with Crippen molar-refractivity contribution in [1.29, 1.82) is 0 Å². The highest BCUT2D eigenvalue weighted by Crippen LogP contribution is 2.09. The smallest absolute Gasteiger partial charge is 0.293 e. The van der Waals surface area contributed by atoms with Gasteiger partial charge in [0.2, 0.25) is 0 Å². The number of ether oxygens (including phenoxy) is 2. The van der Waals surface area contributed by atoms with Gasteiger partial charge in [-0.1, -0.05) is 29.8 Å². The van der Waals surface area contributed by atoms with Gasteiger partial charge >= 0.3 is 0 Å². The molecule has 29 heavy (non-hydrogen) atoms. The van der Waals surface area contributed by atoms with E-state index in [9.17, 15) is 9.59 Å². The molecule has 2 aromatic rings. The van der Waals surface area contributed by atoms with Crippen LogP contribution in [0.4, 0.5) is 0 Å². The van der Waals surface area contributed by atoms with E-state index in [-0.39, 0.29) is 17.8 Å². The summed E-state index contributed by atoms with van der Waals surface area (Å²) in [6.07, 6.45) is 0.0461. The summed E-state index contributed by atoms with van der Waals surface area (Å²) in [5.74, 6) is 0.00983. The standard InChI is InChI=1S/C13H18N2O3.C9H10O2/c1-15-6-7-18-12(9-15)8-14-13(17)10-2-4-11(16)5-3-10;1-8-3-2-4-9(5-8)6-11-7-10/h2-5,12,16H,6-9H2,1H3,(H,14,17);2-5,7H,6H2,1H3. The molecule has 0 saturated carbocycles. The van der Waals surface area contributed by atoms with Crippen molar-refractivity contribution in [1.82, 2.24) is 10.2 Å².